The van der Waals surface area contributed by atoms with E-state index in [-0.39, 0.29) is 5.91 Å². The highest BCUT2D eigenvalue weighted by Gasteiger charge is 2.21. The van der Waals surface area contributed by atoms with Gasteiger partial charge in [0.1, 0.15) is 0 Å². The Balaban J connectivity index is 1.64. The minimum atomic E-state index is -0.0455. The number of carbonyl (C=O) groups excluding carboxylic acids is 1. The van der Waals surface area contributed by atoms with Crippen LogP contribution in [-0.4, -0.2) is 15.9 Å². The van der Waals surface area contributed by atoms with Gasteiger partial charge in [-0.1, -0.05) is 11.6 Å². The molecule has 24 heavy (non-hydrogen) atoms. The number of aromatic nitrogens is 2. The molecule has 0 bridgehead atoms. The molecule has 0 saturated heterocycles. The Morgan fingerprint density at radius 3 is 2.96 bits per heavy atom. The first-order valence-electron chi connectivity index (χ1n) is 7.82. The molecule has 0 unspecified atom stereocenters. The van der Waals surface area contributed by atoms with Crippen molar-refractivity contribution >= 4 is 34.1 Å². The van der Waals surface area contributed by atoms with E-state index in [4.69, 9.17) is 11.6 Å². The fourth-order valence-corrected chi connectivity index (χ4v) is 3.44. The Labute approximate surface area is 144 Å². The van der Waals surface area contributed by atoms with Crippen LogP contribution in [0.5, 0.6) is 0 Å². The Hall–Kier alpha value is -2.53. The minimum Gasteiger partial charge on any atom is -0.362 e. The molecule has 1 aromatic carbocycles. The molecule has 0 fully saturated rings. The van der Waals surface area contributed by atoms with Gasteiger partial charge < -0.3 is 15.2 Å². The summed E-state index contributed by atoms with van der Waals surface area (Å²) < 4.78 is 0. The third-order valence-corrected chi connectivity index (χ3v) is 4.64. The van der Waals surface area contributed by atoms with Crippen molar-refractivity contribution in [2.75, 3.05) is 4.90 Å². The van der Waals surface area contributed by atoms with Gasteiger partial charge in [-0.2, -0.15) is 0 Å². The number of nitrogens with one attached hydrogen (secondary N) is 2. The molecular weight excluding hydrogens is 324 g/mol. The number of benzene rings is 1. The smallest absolute Gasteiger partial charge is 0.217 e. The highest BCUT2D eigenvalue weighted by Crippen LogP contribution is 2.35. The van der Waals surface area contributed by atoms with Gasteiger partial charge in [-0.05, 0) is 35.4 Å². The van der Waals surface area contributed by atoms with E-state index in [9.17, 15) is 4.79 Å². The maximum atomic E-state index is 11.1. The van der Waals surface area contributed by atoms with Gasteiger partial charge in [-0.25, -0.2) is 0 Å². The molecule has 0 radical (unpaired) electrons. The topological polar surface area (TPSA) is 61.0 Å². The Morgan fingerprint density at radius 1 is 1.33 bits per heavy atom. The molecule has 122 valence electrons. The molecule has 5 nitrogen and oxygen atoms in total. The first kappa shape index (κ1) is 15.0. The minimum absolute atomic E-state index is 0.0455. The van der Waals surface area contributed by atoms with E-state index in [0.29, 0.717) is 6.54 Å². The number of anilines is 1. The van der Waals surface area contributed by atoms with Gasteiger partial charge in [-0.15, -0.1) is 0 Å². The average Bonchev–Trinajstić information content (AvgIpc) is 3.14. The lowest BCUT2D eigenvalue weighted by Gasteiger charge is -2.19. The Bertz CT molecular complexity index is 909. The molecule has 1 aliphatic heterocycles. The van der Waals surface area contributed by atoms with Gasteiger partial charge >= 0.3 is 0 Å². The summed E-state index contributed by atoms with van der Waals surface area (Å²) in [7, 11) is 0. The second-order valence-corrected chi connectivity index (χ2v) is 6.50. The molecular formula is C18H17ClN4O. The molecule has 6 heteroatoms. The fourth-order valence-electron chi connectivity index (χ4n) is 3.15. The highest BCUT2D eigenvalue weighted by molar-refractivity contribution is 6.34. The second kappa shape index (κ2) is 5.83. The van der Waals surface area contributed by atoms with Crippen molar-refractivity contribution in [1.29, 1.82) is 0 Å². The van der Waals surface area contributed by atoms with Gasteiger partial charge in [0.15, 0.2) is 0 Å². The molecule has 0 atom stereocenters. The number of carbonyl (C=O) groups is 1. The molecule has 2 aromatic heterocycles. The lowest BCUT2D eigenvalue weighted by atomic mass is 10.2. The van der Waals surface area contributed by atoms with Crippen LogP contribution in [0.2, 0.25) is 5.02 Å². The van der Waals surface area contributed by atoms with Crippen molar-refractivity contribution in [2.45, 2.75) is 26.6 Å². The monoisotopic (exact) mass is 340 g/mol. The van der Waals surface area contributed by atoms with Crippen LogP contribution in [0.15, 0.2) is 36.7 Å². The van der Waals surface area contributed by atoms with E-state index < -0.39 is 0 Å². The molecule has 3 heterocycles. The first-order chi connectivity index (χ1) is 11.6. The second-order valence-electron chi connectivity index (χ2n) is 6.10. The van der Waals surface area contributed by atoms with Crippen molar-refractivity contribution < 1.29 is 4.79 Å². The van der Waals surface area contributed by atoms with Gasteiger partial charge in [0.25, 0.3) is 0 Å². The highest BCUT2D eigenvalue weighted by atomic mass is 35.5. The summed E-state index contributed by atoms with van der Waals surface area (Å²) in [6.45, 7) is 3.64. The van der Waals surface area contributed by atoms with E-state index >= 15 is 0 Å². The molecule has 0 aliphatic carbocycles. The van der Waals surface area contributed by atoms with Crippen molar-refractivity contribution in [3.05, 3.63) is 58.5 Å². The van der Waals surface area contributed by atoms with Crippen LogP contribution in [0, 0.1) is 0 Å². The van der Waals surface area contributed by atoms with Gasteiger partial charge in [0.05, 0.1) is 17.3 Å². The van der Waals surface area contributed by atoms with Crippen molar-refractivity contribution in [3.8, 4) is 0 Å². The number of pyridine rings is 1. The number of rotatable bonds is 3. The van der Waals surface area contributed by atoms with Gasteiger partial charge in [0.2, 0.25) is 5.91 Å². The van der Waals surface area contributed by atoms with Crippen LogP contribution >= 0.6 is 11.6 Å². The van der Waals surface area contributed by atoms with Crippen LogP contribution in [0.25, 0.3) is 10.9 Å². The van der Waals surface area contributed by atoms with Crippen LogP contribution < -0.4 is 10.2 Å². The van der Waals surface area contributed by atoms with E-state index in [0.717, 1.165) is 40.4 Å². The molecule has 1 amide bonds. The zero-order chi connectivity index (χ0) is 16.7. The number of H-pyrrole nitrogens is 1. The van der Waals surface area contributed by atoms with Crippen LogP contribution in [0.4, 0.5) is 5.69 Å². The number of amides is 1. The standard InChI is InChI=1S/C18H17ClN4O/c1-11(24)21-8-15-4-13-5-16(19)18(6-17(13)22-15)23-9-12-2-3-20-7-14(12)10-23/h2-7,22H,8-10H2,1H3,(H,21,24). The Morgan fingerprint density at radius 2 is 2.17 bits per heavy atom. The predicted octanol–water partition coefficient (Wildman–Crippen LogP) is 3.37. The lowest BCUT2D eigenvalue weighted by molar-refractivity contribution is -0.119. The van der Waals surface area contributed by atoms with Crippen LogP contribution in [0.1, 0.15) is 23.7 Å². The number of nitrogens with zero attached hydrogens (tertiary/aromatic N) is 2. The summed E-state index contributed by atoms with van der Waals surface area (Å²) >= 11 is 6.52. The molecule has 4 rings (SSSR count). The largest absolute Gasteiger partial charge is 0.362 e. The normalized spacial score (nSPS) is 13.3. The van der Waals surface area contributed by atoms with E-state index in [1.54, 1.807) is 0 Å². The first-order valence-corrected chi connectivity index (χ1v) is 8.20. The quantitative estimate of drug-likeness (QED) is 0.768. The summed E-state index contributed by atoms with van der Waals surface area (Å²) in [6, 6.07) is 8.13. The van der Waals surface area contributed by atoms with Crippen LogP contribution in [0.3, 0.4) is 0 Å². The Kier molecular flexibility index (Phi) is 3.65. The molecule has 2 N–H and O–H groups in total. The third-order valence-electron chi connectivity index (χ3n) is 4.34. The fraction of sp³-hybridized carbons (Fsp3) is 0.222. The predicted molar refractivity (Wildman–Crippen MR) is 95.0 cm³/mol. The summed E-state index contributed by atoms with van der Waals surface area (Å²) in [5, 5.41) is 4.57. The van der Waals surface area contributed by atoms with Gasteiger partial charge in [-0.3, -0.25) is 9.78 Å². The molecule has 3 aromatic rings. The van der Waals surface area contributed by atoms with E-state index in [2.05, 4.69) is 32.3 Å². The maximum absolute atomic E-state index is 11.1. The molecule has 0 saturated carbocycles. The average molecular weight is 341 g/mol. The number of halogens is 1. The number of hydrogen-bond acceptors (Lipinski definition) is 3. The lowest BCUT2D eigenvalue weighted by Crippen LogP contribution is -2.18. The van der Waals surface area contributed by atoms with Gasteiger partial charge in [0, 0.05) is 49.0 Å². The third kappa shape index (κ3) is 2.71. The molecule has 0 spiro atoms. The van der Waals surface area contributed by atoms with Crippen LogP contribution in [-0.2, 0) is 24.4 Å². The summed E-state index contributed by atoms with van der Waals surface area (Å²) in [5.41, 5.74) is 5.52. The zero-order valence-electron chi connectivity index (χ0n) is 13.3. The zero-order valence-corrected chi connectivity index (χ0v) is 14.0. The summed E-state index contributed by atoms with van der Waals surface area (Å²) in [4.78, 5) is 20.9. The number of hydrogen-bond donors (Lipinski definition) is 2. The SMILES string of the molecule is CC(=O)NCc1cc2cc(Cl)c(N3Cc4ccncc4C3)cc2[nH]1. The maximum Gasteiger partial charge on any atom is 0.217 e. The number of aromatic amines is 1. The van der Waals surface area contributed by atoms with Crippen molar-refractivity contribution in [1.82, 2.24) is 15.3 Å². The van der Waals surface area contributed by atoms with E-state index in [1.807, 2.05) is 24.5 Å². The molecule has 1 aliphatic rings. The summed E-state index contributed by atoms with van der Waals surface area (Å²) in [6.07, 6.45) is 3.74. The number of fused-ring (bicyclic) bond motifs is 2. The van der Waals surface area contributed by atoms with Crippen molar-refractivity contribution in [3.63, 3.8) is 0 Å². The van der Waals surface area contributed by atoms with E-state index in [1.165, 1.54) is 18.1 Å². The van der Waals surface area contributed by atoms with Crippen molar-refractivity contribution in [2.24, 2.45) is 0 Å². The summed E-state index contributed by atoms with van der Waals surface area (Å²) in [5.74, 6) is -0.0455.